The quantitative estimate of drug-likeness (QED) is 0.733. The maximum atomic E-state index is 13.6. The lowest BCUT2D eigenvalue weighted by atomic mass is 10.0. The summed E-state index contributed by atoms with van der Waals surface area (Å²) in [4.78, 5) is 33.1. The Labute approximate surface area is 178 Å². The van der Waals surface area contributed by atoms with E-state index in [1.54, 1.807) is 0 Å². The Kier molecular flexibility index (Phi) is 5.48. The first-order valence-electron chi connectivity index (χ1n) is 10.6. The van der Waals surface area contributed by atoms with E-state index in [1.807, 2.05) is 63.2 Å². The summed E-state index contributed by atoms with van der Waals surface area (Å²) in [6.07, 6.45) is 0. The van der Waals surface area contributed by atoms with Crippen molar-refractivity contribution < 1.29 is 9.59 Å². The third-order valence-corrected chi connectivity index (χ3v) is 6.00. The Morgan fingerprint density at radius 1 is 0.767 bits per heavy atom. The minimum Gasteiger partial charge on any atom is -0.364 e. The van der Waals surface area contributed by atoms with Crippen molar-refractivity contribution in [2.75, 3.05) is 37.6 Å². The van der Waals surface area contributed by atoms with Crippen LogP contribution in [0.15, 0.2) is 48.2 Å². The van der Waals surface area contributed by atoms with Gasteiger partial charge in [-0.1, -0.05) is 42.8 Å². The SMILES string of the molecule is CCN1CCN(C2=C(c3ccc(C)cc3)C(=O)N(c3cc(C)cc(C)c3)C2=O)CC1. The van der Waals surface area contributed by atoms with E-state index in [0.717, 1.165) is 55.0 Å². The second-order valence-corrected chi connectivity index (χ2v) is 8.30. The molecular formula is C25H29N3O2. The monoisotopic (exact) mass is 403 g/mol. The molecule has 2 aromatic rings. The Hall–Kier alpha value is -2.92. The maximum absolute atomic E-state index is 13.6. The highest BCUT2D eigenvalue weighted by Gasteiger charge is 2.43. The number of piperazine rings is 1. The van der Waals surface area contributed by atoms with Gasteiger partial charge in [0.05, 0.1) is 11.3 Å². The number of nitrogens with zero attached hydrogens (tertiary/aromatic N) is 3. The zero-order valence-electron chi connectivity index (χ0n) is 18.2. The van der Waals surface area contributed by atoms with E-state index in [-0.39, 0.29) is 11.8 Å². The van der Waals surface area contributed by atoms with Gasteiger partial charge in [0.1, 0.15) is 5.70 Å². The lowest BCUT2D eigenvalue weighted by Gasteiger charge is -2.36. The molecule has 2 amide bonds. The highest BCUT2D eigenvalue weighted by atomic mass is 16.2. The van der Waals surface area contributed by atoms with Crippen molar-refractivity contribution in [2.45, 2.75) is 27.7 Å². The number of aryl methyl sites for hydroxylation is 3. The molecule has 0 aromatic heterocycles. The summed E-state index contributed by atoms with van der Waals surface area (Å²) in [7, 11) is 0. The number of carbonyl (C=O) groups excluding carboxylic acids is 2. The molecule has 30 heavy (non-hydrogen) atoms. The fraction of sp³-hybridized carbons (Fsp3) is 0.360. The van der Waals surface area contributed by atoms with Gasteiger partial charge in [0.25, 0.3) is 11.8 Å². The number of carbonyl (C=O) groups is 2. The molecule has 2 aromatic carbocycles. The van der Waals surface area contributed by atoms with Crippen LogP contribution in [0, 0.1) is 20.8 Å². The molecular weight excluding hydrogens is 374 g/mol. The zero-order valence-corrected chi connectivity index (χ0v) is 18.2. The fourth-order valence-corrected chi connectivity index (χ4v) is 4.39. The van der Waals surface area contributed by atoms with E-state index >= 15 is 0 Å². The van der Waals surface area contributed by atoms with Gasteiger partial charge in [-0.25, -0.2) is 4.90 Å². The first-order valence-corrected chi connectivity index (χ1v) is 10.6. The molecule has 156 valence electrons. The number of likely N-dealkylation sites (N-methyl/N-ethyl adjacent to an activating group) is 1. The van der Waals surface area contributed by atoms with Crippen LogP contribution in [-0.2, 0) is 9.59 Å². The number of rotatable bonds is 4. The normalized spacial score (nSPS) is 18.0. The number of hydrogen-bond acceptors (Lipinski definition) is 4. The second kappa shape index (κ2) is 8.07. The van der Waals surface area contributed by atoms with Crippen LogP contribution in [0.2, 0.25) is 0 Å². The number of imide groups is 1. The molecule has 0 N–H and O–H groups in total. The summed E-state index contributed by atoms with van der Waals surface area (Å²) in [5, 5.41) is 0. The van der Waals surface area contributed by atoms with Gasteiger partial charge < -0.3 is 9.80 Å². The van der Waals surface area contributed by atoms with Crippen molar-refractivity contribution in [1.29, 1.82) is 0 Å². The van der Waals surface area contributed by atoms with Crippen LogP contribution in [0.1, 0.15) is 29.2 Å². The van der Waals surface area contributed by atoms with Crippen LogP contribution < -0.4 is 4.90 Å². The van der Waals surface area contributed by atoms with Crippen LogP contribution in [-0.4, -0.2) is 54.3 Å². The van der Waals surface area contributed by atoms with Gasteiger partial charge in [0.2, 0.25) is 0 Å². The van der Waals surface area contributed by atoms with E-state index in [4.69, 9.17) is 0 Å². The number of anilines is 1. The summed E-state index contributed by atoms with van der Waals surface area (Å²) in [5.74, 6) is -0.452. The summed E-state index contributed by atoms with van der Waals surface area (Å²) in [5.41, 5.74) is 5.70. The molecule has 0 saturated carbocycles. The van der Waals surface area contributed by atoms with Crippen molar-refractivity contribution in [3.8, 4) is 0 Å². The molecule has 0 spiro atoms. The molecule has 5 nitrogen and oxygen atoms in total. The first kappa shape index (κ1) is 20.4. The van der Waals surface area contributed by atoms with E-state index in [9.17, 15) is 9.59 Å². The average Bonchev–Trinajstić information content (AvgIpc) is 2.98. The standard InChI is InChI=1S/C25H29N3O2/c1-5-26-10-12-27(13-11-26)23-22(20-8-6-17(2)7-9-20)24(29)28(25(23)30)21-15-18(3)14-19(4)16-21/h6-9,14-16H,5,10-13H2,1-4H3. The van der Waals surface area contributed by atoms with Crippen molar-refractivity contribution in [2.24, 2.45) is 0 Å². The smallest absolute Gasteiger partial charge is 0.282 e. The molecule has 0 radical (unpaired) electrons. The third-order valence-electron chi connectivity index (χ3n) is 6.00. The molecule has 0 atom stereocenters. The van der Waals surface area contributed by atoms with Gasteiger partial charge in [-0.15, -0.1) is 0 Å². The lowest BCUT2D eigenvalue weighted by molar-refractivity contribution is -0.120. The van der Waals surface area contributed by atoms with Gasteiger partial charge in [-0.05, 0) is 56.1 Å². The Morgan fingerprint density at radius 3 is 1.93 bits per heavy atom. The Balaban J connectivity index is 1.79. The third kappa shape index (κ3) is 3.65. The minimum absolute atomic E-state index is 0.217. The van der Waals surface area contributed by atoms with Crippen LogP contribution in [0.25, 0.3) is 5.57 Å². The van der Waals surface area contributed by atoms with Gasteiger partial charge in [-0.2, -0.15) is 0 Å². The van der Waals surface area contributed by atoms with Gasteiger partial charge >= 0.3 is 0 Å². The van der Waals surface area contributed by atoms with Crippen molar-refractivity contribution >= 4 is 23.1 Å². The van der Waals surface area contributed by atoms with Crippen LogP contribution in [0.4, 0.5) is 5.69 Å². The molecule has 5 heteroatoms. The summed E-state index contributed by atoms with van der Waals surface area (Å²) >= 11 is 0. The molecule has 0 aliphatic carbocycles. The largest absolute Gasteiger partial charge is 0.364 e. The highest BCUT2D eigenvalue weighted by molar-refractivity contribution is 6.45. The van der Waals surface area contributed by atoms with Crippen LogP contribution in [0.3, 0.4) is 0 Å². The second-order valence-electron chi connectivity index (χ2n) is 8.30. The Morgan fingerprint density at radius 2 is 1.37 bits per heavy atom. The summed E-state index contributed by atoms with van der Waals surface area (Å²) < 4.78 is 0. The predicted molar refractivity (Wildman–Crippen MR) is 120 cm³/mol. The molecule has 0 unspecified atom stereocenters. The Bertz CT molecular complexity index is 995. The molecule has 2 heterocycles. The molecule has 2 aliphatic rings. The first-order chi connectivity index (χ1) is 14.4. The predicted octanol–water partition coefficient (Wildman–Crippen LogP) is 3.53. The fourth-order valence-electron chi connectivity index (χ4n) is 4.39. The van der Waals surface area contributed by atoms with Crippen molar-refractivity contribution in [3.05, 3.63) is 70.4 Å². The molecule has 1 fully saturated rings. The number of hydrogen-bond donors (Lipinski definition) is 0. The van der Waals surface area contributed by atoms with Gasteiger partial charge in [-0.3, -0.25) is 9.59 Å². The van der Waals surface area contributed by atoms with E-state index in [2.05, 4.69) is 16.7 Å². The molecule has 1 saturated heterocycles. The van der Waals surface area contributed by atoms with Crippen molar-refractivity contribution in [3.63, 3.8) is 0 Å². The number of amides is 2. The minimum atomic E-state index is -0.234. The van der Waals surface area contributed by atoms with Gasteiger partial charge in [0.15, 0.2) is 0 Å². The topological polar surface area (TPSA) is 43.9 Å². The zero-order chi connectivity index (χ0) is 21.4. The van der Waals surface area contributed by atoms with Crippen LogP contribution in [0.5, 0.6) is 0 Å². The van der Waals surface area contributed by atoms with E-state index in [1.165, 1.54) is 4.90 Å². The van der Waals surface area contributed by atoms with Crippen molar-refractivity contribution in [1.82, 2.24) is 9.80 Å². The highest BCUT2D eigenvalue weighted by Crippen LogP contribution is 2.35. The lowest BCUT2D eigenvalue weighted by Crippen LogP contribution is -2.47. The van der Waals surface area contributed by atoms with E-state index < -0.39 is 0 Å². The molecule has 4 rings (SSSR count). The summed E-state index contributed by atoms with van der Waals surface area (Å²) in [6.45, 7) is 12.4. The maximum Gasteiger partial charge on any atom is 0.282 e. The van der Waals surface area contributed by atoms with Gasteiger partial charge in [0, 0.05) is 26.2 Å². The van der Waals surface area contributed by atoms with Crippen LogP contribution >= 0.6 is 0 Å². The average molecular weight is 404 g/mol. The number of benzene rings is 2. The molecule has 0 bridgehead atoms. The summed E-state index contributed by atoms with van der Waals surface area (Å²) in [6, 6.07) is 13.7. The molecule has 2 aliphatic heterocycles. The van der Waals surface area contributed by atoms with E-state index in [0.29, 0.717) is 17.0 Å².